The van der Waals surface area contributed by atoms with E-state index in [0.29, 0.717) is 19.5 Å². The summed E-state index contributed by atoms with van der Waals surface area (Å²) in [6.45, 7) is 4.05. The molecule has 2 aliphatic rings. The Morgan fingerprint density at radius 1 is 1.23 bits per heavy atom. The van der Waals surface area contributed by atoms with Crippen LogP contribution in [0.15, 0.2) is 18.7 Å². The highest BCUT2D eigenvalue weighted by Gasteiger charge is 2.25. The number of carbonyl (C=O) groups excluding carboxylic acids is 1. The average molecular weight is 357 g/mol. The second kappa shape index (κ2) is 7.99. The molecule has 8 nitrogen and oxygen atoms in total. The summed E-state index contributed by atoms with van der Waals surface area (Å²) < 4.78 is 3.77. The number of hydrogen-bond acceptors (Lipinski definition) is 5. The minimum Gasteiger partial charge on any atom is -0.350 e. The van der Waals surface area contributed by atoms with E-state index < -0.39 is 0 Å². The Morgan fingerprint density at radius 2 is 2.12 bits per heavy atom. The third kappa shape index (κ3) is 4.12. The minimum atomic E-state index is 0.00954. The van der Waals surface area contributed by atoms with E-state index in [1.54, 1.807) is 11.0 Å². The van der Waals surface area contributed by atoms with Gasteiger partial charge in [0.05, 0.1) is 31.0 Å². The number of aryl methyl sites for hydroxylation is 1. The van der Waals surface area contributed by atoms with E-state index in [4.69, 9.17) is 0 Å². The normalized spacial score (nSPS) is 18.6. The molecule has 1 aliphatic heterocycles. The molecular formula is C18H27N7O. The largest absolute Gasteiger partial charge is 0.350 e. The van der Waals surface area contributed by atoms with Crippen molar-refractivity contribution >= 4 is 5.91 Å². The van der Waals surface area contributed by atoms with Crippen molar-refractivity contribution in [2.24, 2.45) is 0 Å². The van der Waals surface area contributed by atoms with Crippen LogP contribution >= 0.6 is 0 Å². The summed E-state index contributed by atoms with van der Waals surface area (Å²) in [6, 6.07) is 2.89. The highest BCUT2D eigenvalue weighted by molar-refractivity contribution is 5.75. The standard InChI is InChI=1S/C18H27N7O/c26-18(6-7-24-14-19-13-21-24)20-11-15-10-17-12-23(8-9-25(17)22-15)16-4-2-1-3-5-16/h10,13-14,16H,1-9,11-12H2,(H,20,26). The zero-order chi connectivity index (χ0) is 17.8. The van der Waals surface area contributed by atoms with Gasteiger partial charge in [-0.1, -0.05) is 19.3 Å². The van der Waals surface area contributed by atoms with Crippen LogP contribution in [0.5, 0.6) is 0 Å². The second-order valence-electron chi connectivity index (χ2n) is 7.30. The van der Waals surface area contributed by atoms with Crippen LogP contribution in [0.4, 0.5) is 0 Å². The van der Waals surface area contributed by atoms with Crippen molar-refractivity contribution in [1.82, 2.24) is 34.8 Å². The van der Waals surface area contributed by atoms with Crippen molar-refractivity contribution in [3.05, 3.63) is 30.1 Å². The Balaban J connectivity index is 1.27. The van der Waals surface area contributed by atoms with E-state index in [1.807, 2.05) is 0 Å². The molecule has 4 rings (SSSR count). The van der Waals surface area contributed by atoms with Gasteiger partial charge in [0.1, 0.15) is 12.7 Å². The van der Waals surface area contributed by atoms with Gasteiger partial charge in [0.2, 0.25) is 5.91 Å². The number of hydrogen-bond donors (Lipinski definition) is 1. The van der Waals surface area contributed by atoms with Crippen LogP contribution in [-0.2, 0) is 31.0 Å². The molecule has 1 fully saturated rings. The maximum absolute atomic E-state index is 12.0. The van der Waals surface area contributed by atoms with Crippen LogP contribution in [-0.4, -0.2) is 47.9 Å². The Labute approximate surface area is 153 Å². The molecule has 0 unspecified atom stereocenters. The second-order valence-corrected chi connectivity index (χ2v) is 7.30. The van der Waals surface area contributed by atoms with Crippen LogP contribution in [0.3, 0.4) is 0 Å². The minimum absolute atomic E-state index is 0.00954. The van der Waals surface area contributed by atoms with Crippen molar-refractivity contribution in [2.75, 3.05) is 6.54 Å². The summed E-state index contributed by atoms with van der Waals surface area (Å²) in [5.74, 6) is 0.00954. The molecule has 1 N–H and O–H groups in total. The summed E-state index contributed by atoms with van der Waals surface area (Å²) in [7, 11) is 0. The molecule has 0 saturated heterocycles. The van der Waals surface area contributed by atoms with Crippen LogP contribution in [0.25, 0.3) is 0 Å². The SMILES string of the molecule is O=C(CCn1cncn1)NCc1cc2n(n1)CCN(C1CCCCC1)C2. The van der Waals surface area contributed by atoms with E-state index in [1.165, 1.54) is 44.1 Å². The fourth-order valence-electron chi connectivity index (χ4n) is 4.03. The molecule has 1 amide bonds. The Morgan fingerprint density at radius 3 is 2.92 bits per heavy atom. The predicted octanol–water partition coefficient (Wildman–Crippen LogP) is 1.33. The topological polar surface area (TPSA) is 80.9 Å². The molecule has 1 saturated carbocycles. The summed E-state index contributed by atoms with van der Waals surface area (Å²) in [5, 5.41) is 11.6. The molecule has 140 valence electrons. The molecule has 1 aliphatic carbocycles. The van der Waals surface area contributed by atoms with Gasteiger partial charge in [-0.3, -0.25) is 19.1 Å². The first kappa shape index (κ1) is 17.2. The number of rotatable bonds is 6. The molecule has 0 aromatic carbocycles. The van der Waals surface area contributed by atoms with Gasteiger partial charge in [-0.2, -0.15) is 10.2 Å². The van der Waals surface area contributed by atoms with E-state index in [9.17, 15) is 4.79 Å². The first-order chi connectivity index (χ1) is 12.8. The summed E-state index contributed by atoms with van der Waals surface area (Å²) in [4.78, 5) is 18.5. The predicted molar refractivity (Wildman–Crippen MR) is 96.0 cm³/mol. The molecule has 0 atom stereocenters. The van der Waals surface area contributed by atoms with Gasteiger partial charge < -0.3 is 5.32 Å². The number of nitrogens with one attached hydrogen (secondary N) is 1. The van der Waals surface area contributed by atoms with Gasteiger partial charge in [-0.25, -0.2) is 4.98 Å². The van der Waals surface area contributed by atoms with E-state index in [0.717, 1.165) is 31.4 Å². The van der Waals surface area contributed by atoms with Crippen molar-refractivity contribution in [3.8, 4) is 0 Å². The third-order valence-electron chi connectivity index (χ3n) is 5.47. The molecule has 8 heteroatoms. The summed E-state index contributed by atoms with van der Waals surface area (Å²) in [5.41, 5.74) is 2.22. The lowest BCUT2D eigenvalue weighted by molar-refractivity contribution is -0.121. The quantitative estimate of drug-likeness (QED) is 0.843. The lowest BCUT2D eigenvalue weighted by Gasteiger charge is -2.36. The summed E-state index contributed by atoms with van der Waals surface area (Å²) >= 11 is 0. The molecule has 3 heterocycles. The van der Waals surface area contributed by atoms with Crippen LogP contribution in [0, 0.1) is 0 Å². The van der Waals surface area contributed by atoms with Gasteiger partial charge in [0.15, 0.2) is 0 Å². The van der Waals surface area contributed by atoms with Crippen LogP contribution < -0.4 is 5.32 Å². The zero-order valence-electron chi connectivity index (χ0n) is 15.2. The molecule has 26 heavy (non-hydrogen) atoms. The maximum atomic E-state index is 12.0. The van der Waals surface area contributed by atoms with E-state index >= 15 is 0 Å². The Bertz CT molecular complexity index is 718. The Hall–Kier alpha value is -2.22. The summed E-state index contributed by atoms with van der Waals surface area (Å²) in [6.07, 6.45) is 10.3. The third-order valence-corrected chi connectivity index (χ3v) is 5.47. The molecule has 0 spiro atoms. The number of carbonyl (C=O) groups is 1. The Kier molecular flexibility index (Phi) is 5.29. The van der Waals surface area contributed by atoms with Crippen molar-refractivity contribution in [2.45, 2.75) is 70.7 Å². The molecular weight excluding hydrogens is 330 g/mol. The van der Waals surface area contributed by atoms with Crippen molar-refractivity contribution < 1.29 is 4.79 Å². The lowest BCUT2D eigenvalue weighted by Crippen LogP contribution is -2.42. The van der Waals surface area contributed by atoms with Gasteiger partial charge in [-0.05, 0) is 18.9 Å². The van der Waals surface area contributed by atoms with Gasteiger partial charge >= 0.3 is 0 Å². The van der Waals surface area contributed by atoms with Gasteiger partial charge in [-0.15, -0.1) is 0 Å². The van der Waals surface area contributed by atoms with Gasteiger partial charge in [0.25, 0.3) is 0 Å². The zero-order valence-corrected chi connectivity index (χ0v) is 15.2. The highest BCUT2D eigenvalue weighted by Crippen LogP contribution is 2.26. The van der Waals surface area contributed by atoms with E-state index in [2.05, 4.69) is 36.1 Å². The monoisotopic (exact) mass is 357 g/mol. The van der Waals surface area contributed by atoms with Crippen molar-refractivity contribution in [1.29, 1.82) is 0 Å². The van der Waals surface area contributed by atoms with Crippen molar-refractivity contribution in [3.63, 3.8) is 0 Å². The number of fused-ring (bicyclic) bond motifs is 1. The molecule has 2 aromatic rings. The van der Waals surface area contributed by atoms with E-state index in [-0.39, 0.29) is 5.91 Å². The molecule has 0 radical (unpaired) electrons. The highest BCUT2D eigenvalue weighted by atomic mass is 16.1. The molecule has 2 aromatic heterocycles. The first-order valence-electron chi connectivity index (χ1n) is 9.67. The maximum Gasteiger partial charge on any atom is 0.222 e. The number of aromatic nitrogens is 5. The first-order valence-corrected chi connectivity index (χ1v) is 9.67. The average Bonchev–Trinajstić information content (AvgIpc) is 3.34. The lowest BCUT2D eigenvalue weighted by atomic mass is 9.94. The fourth-order valence-corrected chi connectivity index (χ4v) is 4.03. The number of amides is 1. The van der Waals surface area contributed by atoms with Crippen LogP contribution in [0.1, 0.15) is 49.9 Å². The smallest absolute Gasteiger partial charge is 0.222 e. The molecule has 0 bridgehead atoms. The van der Waals surface area contributed by atoms with Crippen LogP contribution in [0.2, 0.25) is 0 Å². The number of nitrogens with zero attached hydrogens (tertiary/aromatic N) is 6. The fraction of sp³-hybridized carbons (Fsp3) is 0.667. The van der Waals surface area contributed by atoms with Gasteiger partial charge in [0, 0.05) is 25.6 Å².